The van der Waals surface area contributed by atoms with Gasteiger partial charge in [0.15, 0.2) is 0 Å². The third-order valence-corrected chi connectivity index (χ3v) is 4.36. The maximum absolute atomic E-state index is 3.69. The minimum absolute atomic E-state index is 0.419. The number of hydrogen-bond acceptors (Lipinski definition) is 2. The van der Waals surface area contributed by atoms with Crippen molar-refractivity contribution in [3.8, 4) is 0 Å². The molecule has 0 heterocycles. The topological polar surface area (TPSA) is 12.0 Å². The van der Waals surface area contributed by atoms with E-state index >= 15 is 0 Å². The van der Waals surface area contributed by atoms with Crippen molar-refractivity contribution in [3.63, 3.8) is 0 Å². The van der Waals surface area contributed by atoms with Gasteiger partial charge in [-0.25, -0.2) is 0 Å². The first-order valence-electron chi connectivity index (χ1n) is 6.35. The third-order valence-electron chi connectivity index (χ3n) is 3.09. The number of hydrogen-bond donors (Lipinski definition) is 1. The second kappa shape index (κ2) is 6.15. The summed E-state index contributed by atoms with van der Waals surface area (Å²) in [5.74, 6) is 2.21. The molecule has 1 nitrogen and oxygen atoms in total. The van der Waals surface area contributed by atoms with E-state index in [0.717, 1.165) is 12.0 Å². The van der Waals surface area contributed by atoms with Crippen molar-refractivity contribution in [3.05, 3.63) is 0 Å². The molecule has 0 spiro atoms. The highest BCUT2D eigenvalue weighted by atomic mass is 32.2. The van der Waals surface area contributed by atoms with Crippen LogP contribution < -0.4 is 5.32 Å². The maximum Gasteiger partial charge on any atom is 0.00755 e. The number of rotatable bonds is 4. The van der Waals surface area contributed by atoms with Crippen LogP contribution in [0.15, 0.2) is 0 Å². The molecule has 1 fully saturated rings. The van der Waals surface area contributed by atoms with Gasteiger partial charge in [-0.2, -0.15) is 11.8 Å². The van der Waals surface area contributed by atoms with Crippen molar-refractivity contribution in [1.29, 1.82) is 0 Å². The maximum atomic E-state index is 3.69. The van der Waals surface area contributed by atoms with Gasteiger partial charge >= 0.3 is 0 Å². The van der Waals surface area contributed by atoms with Gasteiger partial charge in [-0.1, -0.05) is 27.7 Å². The Kier molecular flexibility index (Phi) is 5.48. The van der Waals surface area contributed by atoms with Crippen LogP contribution >= 0.6 is 11.8 Å². The molecule has 1 aliphatic rings. The Balaban J connectivity index is 2.01. The van der Waals surface area contributed by atoms with Crippen LogP contribution in [-0.2, 0) is 0 Å². The summed E-state index contributed by atoms with van der Waals surface area (Å²) in [6, 6.07) is 0.807. The molecule has 0 aromatic carbocycles. The van der Waals surface area contributed by atoms with Crippen LogP contribution in [0.2, 0.25) is 0 Å². The summed E-state index contributed by atoms with van der Waals surface area (Å²) in [6.45, 7) is 10.4. The summed E-state index contributed by atoms with van der Waals surface area (Å²) in [6.07, 6.45) is 5.62. The zero-order valence-electron chi connectivity index (χ0n) is 10.8. The summed E-state index contributed by atoms with van der Waals surface area (Å²) in [4.78, 5) is 0. The first-order chi connectivity index (χ1) is 6.97. The van der Waals surface area contributed by atoms with E-state index in [-0.39, 0.29) is 0 Å². The van der Waals surface area contributed by atoms with E-state index in [1.807, 2.05) is 0 Å². The molecule has 0 atom stereocenters. The summed E-state index contributed by atoms with van der Waals surface area (Å²) in [5.41, 5.74) is 0. The van der Waals surface area contributed by atoms with Gasteiger partial charge in [-0.15, -0.1) is 0 Å². The lowest BCUT2D eigenvalue weighted by Crippen LogP contribution is -2.34. The lowest BCUT2D eigenvalue weighted by molar-refractivity contribution is 0.312. The molecule has 0 unspecified atom stereocenters. The van der Waals surface area contributed by atoms with Gasteiger partial charge in [0, 0.05) is 23.1 Å². The van der Waals surface area contributed by atoms with Crippen LogP contribution in [0.3, 0.4) is 0 Å². The molecule has 0 aromatic heterocycles. The van der Waals surface area contributed by atoms with Crippen LogP contribution in [0.5, 0.6) is 0 Å². The first-order valence-corrected chi connectivity index (χ1v) is 7.33. The van der Waals surface area contributed by atoms with Crippen LogP contribution in [0, 0.1) is 5.92 Å². The molecule has 0 radical (unpaired) electrons. The third kappa shape index (κ3) is 6.47. The SMILES string of the molecule is CC1CCC(NCCSC(C)(C)C)CC1. The molecule has 0 aromatic rings. The van der Waals surface area contributed by atoms with Gasteiger partial charge < -0.3 is 5.32 Å². The van der Waals surface area contributed by atoms with Crippen LogP contribution in [0.1, 0.15) is 53.4 Å². The molecule has 0 bridgehead atoms. The highest BCUT2D eigenvalue weighted by Crippen LogP contribution is 2.24. The fraction of sp³-hybridized carbons (Fsp3) is 1.00. The largest absolute Gasteiger partial charge is 0.313 e. The van der Waals surface area contributed by atoms with Crippen molar-refractivity contribution in [1.82, 2.24) is 5.32 Å². The minimum atomic E-state index is 0.419. The van der Waals surface area contributed by atoms with Crippen molar-refractivity contribution >= 4 is 11.8 Å². The average molecular weight is 229 g/mol. The normalized spacial score (nSPS) is 28.0. The molecule has 90 valence electrons. The molecule has 15 heavy (non-hydrogen) atoms. The first kappa shape index (κ1) is 13.4. The molecular formula is C13H27NS. The number of nitrogens with one attached hydrogen (secondary N) is 1. The van der Waals surface area contributed by atoms with Gasteiger partial charge in [0.1, 0.15) is 0 Å². The smallest absolute Gasteiger partial charge is 0.00755 e. The molecule has 1 N–H and O–H groups in total. The fourth-order valence-corrected chi connectivity index (χ4v) is 2.92. The second-order valence-corrected chi connectivity index (χ2v) is 7.79. The van der Waals surface area contributed by atoms with Crippen LogP contribution in [0.25, 0.3) is 0 Å². The summed E-state index contributed by atoms with van der Waals surface area (Å²) >= 11 is 2.06. The molecule has 2 heteroatoms. The van der Waals surface area contributed by atoms with Crippen molar-refractivity contribution < 1.29 is 0 Å². The van der Waals surface area contributed by atoms with Gasteiger partial charge in [-0.05, 0) is 31.6 Å². The molecule has 0 aliphatic heterocycles. The zero-order valence-corrected chi connectivity index (χ0v) is 11.6. The van der Waals surface area contributed by atoms with E-state index in [1.165, 1.54) is 38.0 Å². The summed E-state index contributed by atoms with van der Waals surface area (Å²) in [7, 11) is 0. The quantitative estimate of drug-likeness (QED) is 0.738. The zero-order chi connectivity index (χ0) is 11.3. The molecule has 1 rings (SSSR count). The summed E-state index contributed by atoms with van der Waals surface area (Å²) in [5, 5.41) is 3.69. The van der Waals surface area contributed by atoms with Gasteiger partial charge in [0.05, 0.1) is 0 Å². The predicted octanol–water partition coefficient (Wildman–Crippen LogP) is 3.69. The fourth-order valence-electron chi connectivity index (χ4n) is 2.08. The predicted molar refractivity (Wildman–Crippen MR) is 71.6 cm³/mol. The Bertz CT molecular complexity index is 166. The van der Waals surface area contributed by atoms with Crippen molar-refractivity contribution in [2.75, 3.05) is 12.3 Å². The number of thioether (sulfide) groups is 1. The highest BCUT2D eigenvalue weighted by molar-refractivity contribution is 8.00. The Hall–Kier alpha value is 0.310. The van der Waals surface area contributed by atoms with E-state index < -0.39 is 0 Å². The van der Waals surface area contributed by atoms with E-state index in [1.54, 1.807) is 0 Å². The van der Waals surface area contributed by atoms with Gasteiger partial charge in [0.25, 0.3) is 0 Å². The molecule has 1 saturated carbocycles. The van der Waals surface area contributed by atoms with Gasteiger partial charge in [-0.3, -0.25) is 0 Å². The Labute approximate surface area is 99.8 Å². The van der Waals surface area contributed by atoms with Crippen molar-refractivity contribution in [2.24, 2.45) is 5.92 Å². The van der Waals surface area contributed by atoms with Gasteiger partial charge in [0.2, 0.25) is 0 Å². The van der Waals surface area contributed by atoms with Crippen LogP contribution in [0.4, 0.5) is 0 Å². The molecule has 1 aliphatic carbocycles. The Morgan fingerprint density at radius 2 is 1.73 bits per heavy atom. The average Bonchev–Trinajstić information content (AvgIpc) is 2.14. The lowest BCUT2D eigenvalue weighted by atomic mass is 9.87. The van der Waals surface area contributed by atoms with E-state index in [2.05, 4.69) is 44.8 Å². The Morgan fingerprint density at radius 3 is 2.27 bits per heavy atom. The monoisotopic (exact) mass is 229 g/mol. The lowest BCUT2D eigenvalue weighted by Gasteiger charge is -2.27. The molecular weight excluding hydrogens is 202 g/mol. The second-order valence-electron chi connectivity index (χ2n) is 5.87. The summed E-state index contributed by atoms with van der Waals surface area (Å²) < 4.78 is 0.419. The highest BCUT2D eigenvalue weighted by Gasteiger charge is 2.17. The van der Waals surface area contributed by atoms with Crippen LogP contribution in [-0.4, -0.2) is 23.1 Å². The van der Waals surface area contributed by atoms with E-state index in [9.17, 15) is 0 Å². The standard InChI is InChI=1S/C13H27NS/c1-11-5-7-12(8-6-11)14-9-10-15-13(2,3)4/h11-12,14H,5-10H2,1-4H3. The molecule has 0 amide bonds. The van der Waals surface area contributed by atoms with E-state index in [4.69, 9.17) is 0 Å². The Morgan fingerprint density at radius 1 is 1.13 bits per heavy atom. The van der Waals surface area contributed by atoms with Crippen molar-refractivity contribution in [2.45, 2.75) is 64.2 Å². The minimum Gasteiger partial charge on any atom is -0.313 e. The van der Waals surface area contributed by atoms with E-state index in [0.29, 0.717) is 4.75 Å². The molecule has 0 saturated heterocycles.